The Hall–Kier alpha value is -3.24. The van der Waals surface area contributed by atoms with Gasteiger partial charge in [-0.3, -0.25) is 4.79 Å². The second-order valence-corrected chi connectivity index (χ2v) is 7.06. The van der Waals surface area contributed by atoms with E-state index in [1.165, 1.54) is 25.3 Å². The van der Waals surface area contributed by atoms with Gasteiger partial charge in [-0.15, -0.1) is 0 Å². The molecule has 3 rings (SSSR count). The largest absolute Gasteiger partial charge is 0.497 e. The molecule has 3 aromatic carbocycles. The Morgan fingerprint density at radius 3 is 2.41 bits per heavy atom. The van der Waals surface area contributed by atoms with Crippen LogP contribution >= 0.6 is 0 Å². The van der Waals surface area contributed by atoms with Crippen molar-refractivity contribution in [2.45, 2.75) is 6.54 Å². The van der Waals surface area contributed by atoms with E-state index in [1.54, 1.807) is 12.1 Å². The van der Waals surface area contributed by atoms with Gasteiger partial charge in [0.05, 0.1) is 7.11 Å². The predicted molar refractivity (Wildman–Crippen MR) is 116 cm³/mol. The molecule has 0 aliphatic heterocycles. The molecule has 0 bridgehead atoms. The number of allylic oxidation sites excluding steroid dienone is 1. The zero-order valence-electron chi connectivity index (χ0n) is 16.9. The van der Waals surface area contributed by atoms with Gasteiger partial charge in [-0.25, -0.2) is 4.39 Å². The molecule has 0 N–H and O–H groups in total. The van der Waals surface area contributed by atoms with Crippen LogP contribution in [0.15, 0.2) is 72.8 Å². The summed E-state index contributed by atoms with van der Waals surface area (Å²) in [4.78, 5) is 15.0. The molecular weight excluding hydrogens is 365 g/mol. The fraction of sp³-hybridized carbons (Fsp3) is 0.160. The summed E-state index contributed by atoms with van der Waals surface area (Å²) in [6.45, 7) is 0.640. The normalized spacial score (nSPS) is 11.2. The van der Waals surface area contributed by atoms with Crippen molar-refractivity contribution >= 4 is 11.9 Å². The number of nitrogens with zero attached hydrogens (tertiary/aromatic N) is 1. The Morgan fingerprint density at radius 2 is 1.76 bits per heavy atom. The molecule has 3 nitrogen and oxygen atoms in total. The number of hydrogen-bond acceptors (Lipinski definition) is 3. The quantitative estimate of drug-likeness (QED) is 0.397. The minimum atomic E-state index is -0.431. The third-order valence-corrected chi connectivity index (χ3v) is 4.59. The molecule has 0 spiro atoms. The molecule has 0 aromatic heterocycles. The van der Waals surface area contributed by atoms with E-state index < -0.39 is 5.82 Å². The van der Waals surface area contributed by atoms with Gasteiger partial charge in [0.15, 0.2) is 5.78 Å². The average Bonchev–Trinajstić information content (AvgIpc) is 2.73. The summed E-state index contributed by atoms with van der Waals surface area (Å²) in [7, 11) is 5.41. The van der Waals surface area contributed by atoms with Crippen molar-refractivity contribution in [1.82, 2.24) is 4.90 Å². The monoisotopic (exact) mass is 389 g/mol. The Kier molecular flexibility index (Phi) is 6.57. The van der Waals surface area contributed by atoms with E-state index in [0.29, 0.717) is 23.4 Å². The molecule has 148 valence electrons. The fourth-order valence-corrected chi connectivity index (χ4v) is 3.12. The Bertz CT molecular complexity index is 1030. The molecule has 0 saturated carbocycles. The average molecular weight is 389 g/mol. The maximum absolute atomic E-state index is 14.2. The van der Waals surface area contributed by atoms with E-state index in [9.17, 15) is 9.18 Å². The molecule has 4 heteroatoms. The highest BCUT2D eigenvalue weighted by atomic mass is 19.1. The van der Waals surface area contributed by atoms with Crippen LogP contribution in [0.4, 0.5) is 4.39 Å². The van der Waals surface area contributed by atoms with Crippen LogP contribution in [-0.4, -0.2) is 31.9 Å². The van der Waals surface area contributed by atoms with Crippen LogP contribution in [0.1, 0.15) is 21.5 Å². The first-order valence-electron chi connectivity index (χ1n) is 9.37. The number of hydrogen-bond donors (Lipinski definition) is 0. The van der Waals surface area contributed by atoms with Crippen molar-refractivity contribution < 1.29 is 13.9 Å². The number of ketones is 1. The highest BCUT2D eigenvalue weighted by Crippen LogP contribution is 2.24. The molecular formula is C25H24FNO2. The van der Waals surface area contributed by atoms with Crippen molar-refractivity contribution in [3.63, 3.8) is 0 Å². The van der Waals surface area contributed by atoms with Gasteiger partial charge in [-0.05, 0) is 61.1 Å². The van der Waals surface area contributed by atoms with E-state index in [0.717, 1.165) is 16.7 Å². The summed E-state index contributed by atoms with van der Waals surface area (Å²) in [5.41, 5.74) is 3.90. The fourth-order valence-electron chi connectivity index (χ4n) is 3.12. The van der Waals surface area contributed by atoms with Gasteiger partial charge in [0, 0.05) is 23.7 Å². The maximum Gasteiger partial charge on any atom is 0.186 e. The van der Waals surface area contributed by atoms with Crippen LogP contribution in [0.2, 0.25) is 0 Å². The van der Waals surface area contributed by atoms with Gasteiger partial charge >= 0.3 is 0 Å². The lowest BCUT2D eigenvalue weighted by Crippen LogP contribution is -2.14. The van der Waals surface area contributed by atoms with E-state index in [1.807, 2.05) is 67.5 Å². The van der Waals surface area contributed by atoms with E-state index in [4.69, 9.17) is 4.74 Å². The lowest BCUT2D eigenvalue weighted by molar-refractivity contribution is 0.104. The van der Waals surface area contributed by atoms with Crippen molar-refractivity contribution in [3.05, 3.63) is 95.3 Å². The van der Waals surface area contributed by atoms with Gasteiger partial charge in [0.2, 0.25) is 0 Å². The first-order valence-corrected chi connectivity index (χ1v) is 9.37. The van der Waals surface area contributed by atoms with Gasteiger partial charge in [0.25, 0.3) is 0 Å². The van der Waals surface area contributed by atoms with Crippen LogP contribution in [0.3, 0.4) is 0 Å². The first kappa shape index (κ1) is 20.5. The number of carbonyl (C=O) groups is 1. The minimum Gasteiger partial charge on any atom is -0.497 e. The van der Waals surface area contributed by atoms with E-state index in [-0.39, 0.29) is 5.78 Å². The number of carbonyl (C=O) groups excluding carboxylic acids is 1. The zero-order chi connectivity index (χ0) is 20.8. The summed E-state index contributed by atoms with van der Waals surface area (Å²) in [5.74, 6) is -0.149. The summed E-state index contributed by atoms with van der Waals surface area (Å²) < 4.78 is 19.2. The lowest BCUT2D eigenvalue weighted by atomic mass is 9.96. The smallest absolute Gasteiger partial charge is 0.186 e. The molecule has 0 aliphatic carbocycles. The molecule has 0 aliphatic rings. The van der Waals surface area contributed by atoms with Crippen LogP contribution in [0.25, 0.3) is 17.2 Å². The number of halogens is 1. The lowest BCUT2D eigenvalue weighted by Gasteiger charge is -2.14. The van der Waals surface area contributed by atoms with Gasteiger partial charge in [-0.2, -0.15) is 0 Å². The Morgan fingerprint density at radius 1 is 1.00 bits per heavy atom. The van der Waals surface area contributed by atoms with E-state index >= 15 is 0 Å². The maximum atomic E-state index is 14.2. The molecule has 0 fully saturated rings. The molecule has 29 heavy (non-hydrogen) atoms. The zero-order valence-corrected chi connectivity index (χ0v) is 16.9. The highest BCUT2D eigenvalue weighted by molar-refractivity contribution is 6.08. The Balaban J connectivity index is 1.95. The van der Waals surface area contributed by atoms with Crippen molar-refractivity contribution in [2.24, 2.45) is 0 Å². The molecule has 3 aromatic rings. The summed E-state index contributed by atoms with van der Waals surface area (Å²) in [6.07, 6.45) is 2.93. The first-order chi connectivity index (χ1) is 14.0. The third kappa shape index (κ3) is 5.18. The number of rotatable bonds is 7. The third-order valence-electron chi connectivity index (χ3n) is 4.59. The van der Waals surface area contributed by atoms with Gasteiger partial charge in [-0.1, -0.05) is 42.5 Å². The number of methoxy groups -OCH3 is 1. The van der Waals surface area contributed by atoms with Crippen LogP contribution < -0.4 is 4.74 Å². The second kappa shape index (κ2) is 9.30. The standard InChI is InChI=1S/C25H24FNO2/c1-27(2)17-21-10-9-20(18-7-5-4-6-8-18)15-23(21)25(28)14-12-19-11-13-22(29-3)16-24(19)26/h4-16H,17H2,1-3H3/b14-12+. The van der Waals surface area contributed by atoms with Gasteiger partial charge in [0.1, 0.15) is 11.6 Å². The van der Waals surface area contributed by atoms with Crippen molar-refractivity contribution in [3.8, 4) is 16.9 Å². The van der Waals surface area contributed by atoms with Crippen LogP contribution in [0, 0.1) is 5.82 Å². The van der Waals surface area contributed by atoms with Crippen LogP contribution in [-0.2, 0) is 6.54 Å². The summed E-state index contributed by atoms with van der Waals surface area (Å²) >= 11 is 0. The van der Waals surface area contributed by atoms with Gasteiger partial charge < -0.3 is 9.64 Å². The molecule has 0 saturated heterocycles. The predicted octanol–water partition coefficient (Wildman–Crippen LogP) is 5.46. The van der Waals surface area contributed by atoms with Crippen molar-refractivity contribution in [2.75, 3.05) is 21.2 Å². The second-order valence-electron chi connectivity index (χ2n) is 7.06. The number of benzene rings is 3. The summed E-state index contributed by atoms with van der Waals surface area (Å²) in [5, 5.41) is 0. The number of ether oxygens (including phenoxy) is 1. The van der Waals surface area contributed by atoms with E-state index in [2.05, 4.69) is 0 Å². The van der Waals surface area contributed by atoms with Crippen LogP contribution in [0.5, 0.6) is 5.75 Å². The minimum absolute atomic E-state index is 0.158. The molecule has 0 heterocycles. The SMILES string of the molecule is COc1ccc(/C=C/C(=O)c2cc(-c3ccccc3)ccc2CN(C)C)c(F)c1. The molecule has 0 amide bonds. The molecule has 0 radical (unpaired) electrons. The van der Waals surface area contributed by atoms with Crippen molar-refractivity contribution in [1.29, 1.82) is 0 Å². The molecule has 0 atom stereocenters. The summed E-state index contributed by atoms with van der Waals surface area (Å²) in [6, 6.07) is 20.4. The Labute approximate surface area is 171 Å². The highest BCUT2D eigenvalue weighted by Gasteiger charge is 2.12. The topological polar surface area (TPSA) is 29.5 Å². The molecule has 0 unspecified atom stereocenters.